The predicted molar refractivity (Wildman–Crippen MR) is 83.0 cm³/mol. The van der Waals surface area contributed by atoms with Gasteiger partial charge in [-0.3, -0.25) is 14.7 Å². The van der Waals surface area contributed by atoms with Crippen LogP contribution in [0.2, 0.25) is 0 Å². The second-order valence-electron chi connectivity index (χ2n) is 5.21. The van der Waals surface area contributed by atoms with Crippen LogP contribution < -0.4 is 5.32 Å². The van der Waals surface area contributed by atoms with Gasteiger partial charge in [0.05, 0.1) is 17.4 Å². The van der Waals surface area contributed by atoms with Crippen LogP contribution in [0.1, 0.15) is 37.2 Å². The van der Waals surface area contributed by atoms with Gasteiger partial charge in [-0.2, -0.15) is 0 Å². The third-order valence-corrected chi connectivity index (χ3v) is 4.38. The van der Waals surface area contributed by atoms with Crippen molar-refractivity contribution in [2.24, 2.45) is 0 Å². The number of nitrogens with one attached hydrogen (secondary N) is 1. The fourth-order valence-electron chi connectivity index (χ4n) is 2.70. The van der Waals surface area contributed by atoms with Gasteiger partial charge >= 0.3 is 0 Å². The van der Waals surface area contributed by atoms with Crippen LogP contribution in [0.15, 0.2) is 29.8 Å². The van der Waals surface area contributed by atoms with E-state index in [4.69, 9.17) is 0 Å². The van der Waals surface area contributed by atoms with Crippen molar-refractivity contribution in [2.45, 2.75) is 32.4 Å². The van der Waals surface area contributed by atoms with E-state index in [-0.39, 0.29) is 5.91 Å². The van der Waals surface area contributed by atoms with Crippen molar-refractivity contribution in [3.05, 3.63) is 41.2 Å². The summed E-state index contributed by atoms with van der Waals surface area (Å²) >= 11 is 1.49. The maximum Gasteiger partial charge on any atom is 0.223 e. The van der Waals surface area contributed by atoms with Gasteiger partial charge in [0, 0.05) is 25.0 Å². The largest absolute Gasteiger partial charge is 0.302 e. The number of rotatable bonds is 4. The molecule has 2 aromatic heterocycles. The van der Waals surface area contributed by atoms with E-state index < -0.39 is 0 Å². The molecule has 3 rings (SSSR count). The highest BCUT2D eigenvalue weighted by Crippen LogP contribution is 2.34. The van der Waals surface area contributed by atoms with Crippen LogP contribution in [0.25, 0.3) is 0 Å². The fourth-order valence-corrected chi connectivity index (χ4v) is 3.50. The number of pyridine rings is 1. The fraction of sp³-hybridized carbons (Fsp3) is 0.400. The highest BCUT2D eigenvalue weighted by Gasteiger charge is 2.28. The number of likely N-dealkylation sites (tertiary alicyclic amines) is 1. The molecule has 0 bridgehead atoms. The highest BCUT2D eigenvalue weighted by molar-refractivity contribution is 7.13. The predicted octanol–water partition coefficient (Wildman–Crippen LogP) is 2.83. The number of thiazole rings is 1. The Balaban J connectivity index is 1.71. The number of carbonyl (C=O) groups is 1. The molecule has 110 valence electrons. The Hall–Kier alpha value is -1.79. The van der Waals surface area contributed by atoms with E-state index in [2.05, 4.69) is 26.3 Å². The van der Waals surface area contributed by atoms with E-state index in [0.717, 1.165) is 30.9 Å². The van der Waals surface area contributed by atoms with Crippen molar-refractivity contribution in [1.29, 1.82) is 0 Å². The van der Waals surface area contributed by atoms with Crippen LogP contribution in [0.3, 0.4) is 0 Å². The summed E-state index contributed by atoms with van der Waals surface area (Å²) in [4.78, 5) is 22.4. The molecule has 0 spiro atoms. The molecule has 5 nitrogen and oxygen atoms in total. The normalized spacial score (nSPS) is 18.8. The van der Waals surface area contributed by atoms with Gasteiger partial charge in [0.25, 0.3) is 0 Å². The van der Waals surface area contributed by atoms with Crippen LogP contribution in [0.4, 0.5) is 5.13 Å². The molecule has 1 N–H and O–H groups in total. The molecule has 1 unspecified atom stereocenters. The molecule has 1 fully saturated rings. The number of carbonyl (C=O) groups excluding carboxylic acids is 1. The van der Waals surface area contributed by atoms with Gasteiger partial charge in [-0.1, -0.05) is 6.07 Å². The Morgan fingerprint density at radius 2 is 2.43 bits per heavy atom. The molecule has 0 aliphatic carbocycles. The molecular weight excluding hydrogens is 284 g/mol. The summed E-state index contributed by atoms with van der Waals surface area (Å²) in [6, 6.07) is 6.33. The van der Waals surface area contributed by atoms with E-state index in [0.29, 0.717) is 11.2 Å². The third kappa shape index (κ3) is 3.46. The number of hydrogen-bond acceptors (Lipinski definition) is 5. The average molecular weight is 302 g/mol. The second-order valence-corrected chi connectivity index (χ2v) is 6.07. The van der Waals surface area contributed by atoms with E-state index in [9.17, 15) is 4.79 Å². The van der Waals surface area contributed by atoms with Crippen molar-refractivity contribution in [2.75, 3.05) is 11.9 Å². The van der Waals surface area contributed by atoms with E-state index >= 15 is 0 Å². The molecule has 1 saturated heterocycles. The van der Waals surface area contributed by atoms with Gasteiger partial charge < -0.3 is 5.32 Å². The molecule has 1 amide bonds. The Kier molecular flexibility index (Phi) is 4.26. The number of hydrogen-bond donors (Lipinski definition) is 1. The molecule has 0 radical (unpaired) electrons. The summed E-state index contributed by atoms with van der Waals surface area (Å²) in [5.74, 6) is -0.0762. The van der Waals surface area contributed by atoms with Crippen molar-refractivity contribution >= 4 is 22.4 Å². The number of aromatic nitrogens is 2. The van der Waals surface area contributed by atoms with Gasteiger partial charge in [-0.25, -0.2) is 4.98 Å². The van der Waals surface area contributed by atoms with Crippen LogP contribution in [0.5, 0.6) is 0 Å². The topological polar surface area (TPSA) is 58.1 Å². The van der Waals surface area contributed by atoms with Gasteiger partial charge in [0.15, 0.2) is 5.13 Å². The Morgan fingerprint density at radius 1 is 1.52 bits per heavy atom. The lowest BCUT2D eigenvalue weighted by Gasteiger charge is -2.22. The van der Waals surface area contributed by atoms with Crippen LogP contribution in [-0.2, 0) is 11.3 Å². The lowest BCUT2D eigenvalue weighted by Crippen LogP contribution is -2.23. The number of nitrogens with zero attached hydrogens (tertiary/aromatic N) is 3. The Morgan fingerprint density at radius 3 is 3.19 bits per heavy atom. The lowest BCUT2D eigenvalue weighted by molar-refractivity contribution is -0.114. The lowest BCUT2D eigenvalue weighted by atomic mass is 10.1. The SMILES string of the molecule is CC(=O)Nc1nc(C2CCCN2Cc2ccccn2)cs1. The minimum absolute atomic E-state index is 0.0762. The van der Waals surface area contributed by atoms with Crippen molar-refractivity contribution in [1.82, 2.24) is 14.9 Å². The molecular formula is C15H18N4OS. The van der Waals surface area contributed by atoms with Crippen LogP contribution in [0, 0.1) is 0 Å². The molecule has 1 atom stereocenters. The van der Waals surface area contributed by atoms with Crippen molar-refractivity contribution < 1.29 is 4.79 Å². The van der Waals surface area contributed by atoms with E-state index in [1.54, 1.807) is 0 Å². The smallest absolute Gasteiger partial charge is 0.223 e. The van der Waals surface area contributed by atoms with Gasteiger partial charge in [-0.05, 0) is 31.5 Å². The number of anilines is 1. The molecule has 3 heterocycles. The maximum atomic E-state index is 11.1. The first-order chi connectivity index (χ1) is 10.2. The molecule has 0 saturated carbocycles. The molecule has 21 heavy (non-hydrogen) atoms. The van der Waals surface area contributed by atoms with Crippen molar-refractivity contribution in [3.63, 3.8) is 0 Å². The zero-order chi connectivity index (χ0) is 14.7. The zero-order valence-electron chi connectivity index (χ0n) is 12.0. The highest BCUT2D eigenvalue weighted by atomic mass is 32.1. The Bertz CT molecular complexity index is 613. The summed E-state index contributed by atoms with van der Waals surface area (Å²) in [6.07, 6.45) is 4.11. The molecule has 1 aliphatic heterocycles. The molecule has 6 heteroatoms. The molecule has 0 aromatic carbocycles. The van der Waals surface area contributed by atoms with Crippen LogP contribution in [-0.4, -0.2) is 27.3 Å². The van der Waals surface area contributed by atoms with E-state index in [1.165, 1.54) is 24.7 Å². The standard InChI is InChI=1S/C15H18N4OS/c1-11(20)17-15-18-13(10-21-15)14-6-4-8-19(14)9-12-5-2-3-7-16-12/h2-3,5,7,10,14H,4,6,8-9H2,1H3,(H,17,18,20). The first kappa shape index (κ1) is 14.2. The van der Waals surface area contributed by atoms with Gasteiger partial charge in [0.2, 0.25) is 5.91 Å². The Labute approximate surface area is 128 Å². The maximum absolute atomic E-state index is 11.1. The summed E-state index contributed by atoms with van der Waals surface area (Å²) in [5.41, 5.74) is 2.14. The zero-order valence-corrected chi connectivity index (χ0v) is 12.8. The minimum Gasteiger partial charge on any atom is -0.302 e. The molecule has 1 aliphatic rings. The third-order valence-electron chi connectivity index (χ3n) is 3.60. The summed E-state index contributed by atoms with van der Waals surface area (Å²) in [6.45, 7) is 3.41. The first-order valence-corrected chi connectivity index (χ1v) is 7.97. The van der Waals surface area contributed by atoms with Gasteiger partial charge in [0.1, 0.15) is 0 Å². The summed E-state index contributed by atoms with van der Waals surface area (Å²) in [5, 5.41) is 5.48. The van der Waals surface area contributed by atoms with E-state index in [1.807, 2.05) is 23.7 Å². The van der Waals surface area contributed by atoms with Gasteiger partial charge in [-0.15, -0.1) is 11.3 Å². The quantitative estimate of drug-likeness (QED) is 0.943. The molecule has 2 aromatic rings. The monoisotopic (exact) mass is 302 g/mol. The van der Waals surface area contributed by atoms with Crippen LogP contribution >= 0.6 is 11.3 Å². The minimum atomic E-state index is -0.0762. The average Bonchev–Trinajstić information content (AvgIpc) is 3.08. The second kappa shape index (κ2) is 6.32. The first-order valence-electron chi connectivity index (χ1n) is 7.09. The summed E-state index contributed by atoms with van der Waals surface area (Å²) in [7, 11) is 0. The van der Waals surface area contributed by atoms with Crippen molar-refractivity contribution in [3.8, 4) is 0 Å². The number of amides is 1. The summed E-state index contributed by atoms with van der Waals surface area (Å²) < 4.78 is 0.